The second-order valence-electron chi connectivity index (χ2n) is 6.89. The molecule has 0 unspecified atom stereocenters. The van der Waals surface area contributed by atoms with E-state index in [0.717, 1.165) is 17.9 Å². The molecule has 0 radical (unpaired) electrons. The molecule has 0 spiro atoms. The summed E-state index contributed by atoms with van der Waals surface area (Å²) in [4.78, 5) is 2.82. The van der Waals surface area contributed by atoms with Gasteiger partial charge in [-0.15, -0.1) is 0 Å². The van der Waals surface area contributed by atoms with Crippen molar-refractivity contribution in [3.8, 4) is 0 Å². The minimum absolute atomic E-state index is 0.942. The molecule has 0 amide bonds. The molecule has 0 aromatic rings. The maximum Gasteiger partial charge on any atom is 0.00954 e. The van der Waals surface area contributed by atoms with Gasteiger partial charge in [0.25, 0.3) is 0 Å². The van der Waals surface area contributed by atoms with Crippen molar-refractivity contribution in [3.05, 3.63) is 0 Å². The first-order valence-corrected chi connectivity index (χ1v) is 8.53. The van der Waals surface area contributed by atoms with Gasteiger partial charge in [-0.25, -0.2) is 0 Å². The highest BCUT2D eigenvalue weighted by molar-refractivity contribution is 4.82. The van der Waals surface area contributed by atoms with Crippen LogP contribution in [0.5, 0.6) is 0 Å². The van der Waals surface area contributed by atoms with Crippen LogP contribution in [0.3, 0.4) is 0 Å². The highest BCUT2D eigenvalue weighted by Crippen LogP contribution is 2.31. The predicted molar refractivity (Wildman–Crippen MR) is 79.9 cm³/mol. The van der Waals surface area contributed by atoms with Gasteiger partial charge in [0.15, 0.2) is 0 Å². The largest absolute Gasteiger partial charge is 0.300 e. The fourth-order valence-corrected chi connectivity index (χ4v) is 3.90. The lowest BCUT2D eigenvalue weighted by Gasteiger charge is -2.40. The van der Waals surface area contributed by atoms with Gasteiger partial charge >= 0.3 is 0 Å². The molecular formula is C17H33N. The van der Waals surface area contributed by atoms with E-state index in [0.29, 0.717) is 0 Å². The Morgan fingerprint density at radius 3 is 2.17 bits per heavy atom. The molecule has 1 saturated carbocycles. The summed E-state index contributed by atoms with van der Waals surface area (Å²) in [6.45, 7) is 7.54. The Morgan fingerprint density at radius 1 is 0.889 bits per heavy atom. The molecule has 2 rings (SSSR count). The van der Waals surface area contributed by atoms with E-state index < -0.39 is 0 Å². The van der Waals surface area contributed by atoms with Crippen LogP contribution in [0.25, 0.3) is 0 Å². The number of piperidine rings is 1. The van der Waals surface area contributed by atoms with Crippen LogP contribution in [0, 0.1) is 11.8 Å². The third-order valence-corrected chi connectivity index (χ3v) is 5.37. The summed E-state index contributed by atoms with van der Waals surface area (Å²) >= 11 is 0. The Morgan fingerprint density at radius 2 is 1.56 bits per heavy atom. The van der Waals surface area contributed by atoms with Crippen molar-refractivity contribution in [2.45, 2.75) is 84.1 Å². The van der Waals surface area contributed by atoms with Crippen LogP contribution in [-0.4, -0.2) is 24.0 Å². The quantitative estimate of drug-likeness (QED) is 0.631. The lowest BCUT2D eigenvalue weighted by atomic mass is 9.84. The molecule has 1 heterocycles. The van der Waals surface area contributed by atoms with Crippen molar-refractivity contribution in [2.24, 2.45) is 11.8 Å². The smallest absolute Gasteiger partial charge is 0.00954 e. The van der Waals surface area contributed by atoms with Crippen LogP contribution in [0.4, 0.5) is 0 Å². The lowest BCUT2D eigenvalue weighted by Crippen LogP contribution is -2.43. The van der Waals surface area contributed by atoms with E-state index in [2.05, 4.69) is 18.7 Å². The second-order valence-corrected chi connectivity index (χ2v) is 6.89. The predicted octanol–water partition coefficient (Wildman–Crippen LogP) is 4.86. The molecular weight excluding hydrogens is 218 g/mol. The Bertz CT molecular complexity index is 210. The normalized spacial score (nSPS) is 31.7. The third-order valence-electron chi connectivity index (χ3n) is 5.37. The molecule has 0 atom stereocenters. The van der Waals surface area contributed by atoms with E-state index in [4.69, 9.17) is 0 Å². The van der Waals surface area contributed by atoms with Gasteiger partial charge in [0, 0.05) is 6.04 Å². The monoisotopic (exact) mass is 251 g/mol. The molecule has 1 aliphatic heterocycles. The zero-order valence-electron chi connectivity index (χ0n) is 12.7. The molecule has 2 aliphatic rings. The van der Waals surface area contributed by atoms with Crippen LogP contribution in [0.2, 0.25) is 0 Å². The third kappa shape index (κ3) is 4.26. The maximum atomic E-state index is 2.82. The molecule has 0 aromatic carbocycles. The molecule has 1 nitrogen and oxygen atoms in total. The van der Waals surface area contributed by atoms with E-state index in [1.165, 1.54) is 77.3 Å². The van der Waals surface area contributed by atoms with Gasteiger partial charge in [-0.2, -0.15) is 0 Å². The van der Waals surface area contributed by atoms with Crippen molar-refractivity contribution in [3.63, 3.8) is 0 Å². The van der Waals surface area contributed by atoms with Crippen LogP contribution < -0.4 is 0 Å². The molecule has 1 aliphatic carbocycles. The zero-order valence-corrected chi connectivity index (χ0v) is 12.7. The second kappa shape index (κ2) is 7.53. The van der Waals surface area contributed by atoms with Gasteiger partial charge < -0.3 is 4.90 Å². The first kappa shape index (κ1) is 14.4. The topological polar surface area (TPSA) is 3.24 Å². The lowest BCUT2D eigenvalue weighted by molar-refractivity contribution is 0.0939. The van der Waals surface area contributed by atoms with E-state index >= 15 is 0 Å². The molecule has 1 saturated heterocycles. The van der Waals surface area contributed by atoms with E-state index in [1.54, 1.807) is 0 Å². The summed E-state index contributed by atoms with van der Waals surface area (Å²) in [7, 11) is 0. The molecule has 2 fully saturated rings. The van der Waals surface area contributed by atoms with Gasteiger partial charge in [0.1, 0.15) is 0 Å². The summed E-state index contributed by atoms with van der Waals surface area (Å²) in [6.07, 6.45) is 14.7. The Hall–Kier alpha value is -0.0400. The van der Waals surface area contributed by atoms with Crippen LogP contribution in [-0.2, 0) is 0 Å². The average molecular weight is 251 g/mol. The van der Waals surface area contributed by atoms with Crippen molar-refractivity contribution in [2.75, 3.05) is 13.1 Å². The zero-order chi connectivity index (χ0) is 12.8. The Kier molecular flexibility index (Phi) is 6.01. The number of nitrogens with zero attached hydrogens (tertiary/aromatic N) is 1. The van der Waals surface area contributed by atoms with Gasteiger partial charge in [0.2, 0.25) is 0 Å². The molecule has 0 N–H and O–H groups in total. The van der Waals surface area contributed by atoms with Gasteiger partial charge in [-0.3, -0.25) is 0 Å². The standard InChI is InChI=1S/C17H33N/c1-3-4-5-6-16-11-13-18(14-12-16)17-9-7-15(2)8-10-17/h15-17H,3-14H2,1-2H3/t15-,17-. The van der Waals surface area contributed by atoms with E-state index in [9.17, 15) is 0 Å². The van der Waals surface area contributed by atoms with Crippen molar-refractivity contribution >= 4 is 0 Å². The number of likely N-dealkylation sites (tertiary alicyclic amines) is 1. The van der Waals surface area contributed by atoms with Crippen LogP contribution in [0.15, 0.2) is 0 Å². The molecule has 18 heavy (non-hydrogen) atoms. The minimum Gasteiger partial charge on any atom is -0.300 e. The van der Waals surface area contributed by atoms with Crippen LogP contribution >= 0.6 is 0 Å². The first-order valence-electron chi connectivity index (χ1n) is 8.53. The van der Waals surface area contributed by atoms with E-state index in [1.807, 2.05) is 0 Å². The number of hydrogen-bond acceptors (Lipinski definition) is 1. The van der Waals surface area contributed by atoms with Crippen molar-refractivity contribution in [1.29, 1.82) is 0 Å². The molecule has 106 valence electrons. The molecule has 0 aromatic heterocycles. The Labute approximate surface area is 114 Å². The number of hydrogen-bond donors (Lipinski definition) is 0. The summed E-state index contributed by atoms with van der Waals surface area (Å²) in [5, 5.41) is 0. The summed E-state index contributed by atoms with van der Waals surface area (Å²) in [5.41, 5.74) is 0. The summed E-state index contributed by atoms with van der Waals surface area (Å²) in [5.74, 6) is 2.04. The SMILES string of the molecule is CCCCCC1CCN([C@H]2CC[C@H](C)CC2)CC1. The van der Waals surface area contributed by atoms with Crippen molar-refractivity contribution in [1.82, 2.24) is 4.90 Å². The van der Waals surface area contributed by atoms with Crippen molar-refractivity contribution < 1.29 is 0 Å². The highest BCUT2D eigenvalue weighted by Gasteiger charge is 2.27. The molecule has 0 bridgehead atoms. The number of rotatable bonds is 5. The van der Waals surface area contributed by atoms with Gasteiger partial charge in [-0.1, -0.05) is 39.5 Å². The fraction of sp³-hybridized carbons (Fsp3) is 1.00. The number of unbranched alkanes of at least 4 members (excludes halogenated alkanes) is 2. The van der Waals surface area contributed by atoms with Gasteiger partial charge in [0.05, 0.1) is 0 Å². The Balaban J connectivity index is 1.63. The fourth-order valence-electron chi connectivity index (χ4n) is 3.90. The van der Waals surface area contributed by atoms with Gasteiger partial charge in [-0.05, 0) is 63.5 Å². The summed E-state index contributed by atoms with van der Waals surface area (Å²) < 4.78 is 0. The average Bonchev–Trinajstić information content (AvgIpc) is 2.41. The minimum atomic E-state index is 0.942. The highest BCUT2D eigenvalue weighted by atomic mass is 15.2. The molecule has 1 heteroatoms. The van der Waals surface area contributed by atoms with E-state index in [-0.39, 0.29) is 0 Å². The maximum absolute atomic E-state index is 2.82. The first-order chi connectivity index (χ1) is 8.79. The van der Waals surface area contributed by atoms with Crippen LogP contribution in [0.1, 0.15) is 78.1 Å². The summed E-state index contributed by atoms with van der Waals surface area (Å²) in [6, 6.07) is 0.942.